The highest BCUT2D eigenvalue weighted by Crippen LogP contribution is 2.49. The van der Waals surface area contributed by atoms with Crippen LogP contribution < -0.4 is 0 Å². The van der Waals surface area contributed by atoms with Crippen LogP contribution in [0.5, 0.6) is 0 Å². The van der Waals surface area contributed by atoms with Gasteiger partial charge in [0, 0.05) is 5.41 Å². The molecule has 1 atom stereocenters. The summed E-state index contributed by atoms with van der Waals surface area (Å²) in [6.45, 7) is 6.63. The molecule has 0 bridgehead atoms. The van der Waals surface area contributed by atoms with Crippen LogP contribution in [0.25, 0.3) is 0 Å². The van der Waals surface area contributed by atoms with Crippen molar-refractivity contribution in [2.45, 2.75) is 64.9 Å². The second-order valence-electron chi connectivity index (χ2n) is 6.15. The van der Waals surface area contributed by atoms with Gasteiger partial charge in [-0.2, -0.15) is 0 Å². The zero-order chi connectivity index (χ0) is 13.2. The molecule has 0 amide bonds. The van der Waals surface area contributed by atoms with E-state index in [-0.39, 0.29) is 11.5 Å². The van der Waals surface area contributed by atoms with E-state index in [1.54, 1.807) is 0 Å². The van der Waals surface area contributed by atoms with Gasteiger partial charge in [0.1, 0.15) is 0 Å². The fourth-order valence-electron chi connectivity index (χ4n) is 3.32. The number of hydrogen-bond acceptors (Lipinski definition) is 1. The Labute approximate surface area is 111 Å². The van der Waals surface area contributed by atoms with Gasteiger partial charge in [-0.3, -0.25) is 0 Å². The summed E-state index contributed by atoms with van der Waals surface area (Å²) in [5.41, 5.74) is 2.59. The Kier molecular flexibility index (Phi) is 4.11. The van der Waals surface area contributed by atoms with Gasteiger partial charge in [0.15, 0.2) is 0 Å². The SMILES string of the molecule is CCC1(C(O)c2ccc(C(C)C)cc2)CCCC1. The fraction of sp³-hybridized carbons (Fsp3) is 0.647. The van der Waals surface area contributed by atoms with Crippen LogP contribution in [0.15, 0.2) is 24.3 Å². The highest BCUT2D eigenvalue weighted by molar-refractivity contribution is 5.27. The highest BCUT2D eigenvalue weighted by atomic mass is 16.3. The summed E-state index contributed by atoms with van der Waals surface area (Å²) in [4.78, 5) is 0. The third-order valence-corrected chi connectivity index (χ3v) is 4.80. The predicted octanol–water partition coefficient (Wildman–Crippen LogP) is 4.81. The van der Waals surface area contributed by atoms with Gasteiger partial charge in [0.05, 0.1) is 6.10 Å². The van der Waals surface area contributed by atoms with E-state index in [4.69, 9.17) is 0 Å². The average molecular weight is 246 g/mol. The van der Waals surface area contributed by atoms with Gasteiger partial charge >= 0.3 is 0 Å². The molecule has 1 aromatic rings. The largest absolute Gasteiger partial charge is 0.388 e. The van der Waals surface area contributed by atoms with E-state index >= 15 is 0 Å². The molecule has 1 aliphatic carbocycles. The molecule has 0 radical (unpaired) electrons. The minimum atomic E-state index is -0.286. The van der Waals surface area contributed by atoms with Crippen molar-refractivity contribution in [2.24, 2.45) is 5.41 Å². The maximum atomic E-state index is 10.7. The van der Waals surface area contributed by atoms with Gasteiger partial charge in [-0.15, -0.1) is 0 Å². The molecular weight excluding hydrogens is 220 g/mol. The molecule has 1 N–H and O–H groups in total. The summed E-state index contributed by atoms with van der Waals surface area (Å²) in [7, 11) is 0. The van der Waals surface area contributed by atoms with E-state index in [0.29, 0.717) is 5.92 Å². The van der Waals surface area contributed by atoms with Crippen LogP contribution in [0.3, 0.4) is 0 Å². The van der Waals surface area contributed by atoms with Gasteiger partial charge < -0.3 is 5.11 Å². The fourth-order valence-corrected chi connectivity index (χ4v) is 3.32. The highest BCUT2D eigenvalue weighted by Gasteiger charge is 2.39. The molecule has 0 aromatic heterocycles. The zero-order valence-corrected chi connectivity index (χ0v) is 11.9. The first-order valence-corrected chi connectivity index (χ1v) is 7.37. The molecule has 18 heavy (non-hydrogen) atoms. The maximum absolute atomic E-state index is 10.7. The van der Waals surface area contributed by atoms with Crippen molar-refractivity contribution in [3.05, 3.63) is 35.4 Å². The number of benzene rings is 1. The van der Waals surface area contributed by atoms with Crippen LogP contribution in [-0.2, 0) is 0 Å². The van der Waals surface area contributed by atoms with Gasteiger partial charge in [-0.05, 0) is 36.3 Å². The molecule has 0 saturated heterocycles. The van der Waals surface area contributed by atoms with E-state index in [9.17, 15) is 5.11 Å². The lowest BCUT2D eigenvalue weighted by molar-refractivity contribution is 0.0237. The Morgan fingerprint density at radius 1 is 1.06 bits per heavy atom. The first-order chi connectivity index (χ1) is 8.59. The van der Waals surface area contributed by atoms with Gasteiger partial charge in [0.2, 0.25) is 0 Å². The predicted molar refractivity (Wildman–Crippen MR) is 76.7 cm³/mol. The molecule has 1 aliphatic rings. The molecule has 1 unspecified atom stereocenters. The Morgan fingerprint density at radius 3 is 2.00 bits per heavy atom. The van der Waals surface area contributed by atoms with Gasteiger partial charge in [0.25, 0.3) is 0 Å². The summed E-state index contributed by atoms with van der Waals surface area (Å²) < 4.78 is 0. The third kappa shape index (κ3) is 2.47. The molecule has 1 fully saturated rings. The lowest BCUT2D eigenvalue weighted by Gasteiger charge is -2.33. The van der Waals surface area contributed by atoms with E-state index in [0.717, 1.165) is 12.0 Å². The van der Waals surface area contributed by atoms with E-state index < -0.39 is 0 Å². The van der Waals surface area contributed by atoms with Crippen molar-refractivity contribution in [1.82, 2.24) is 0 Å². The van der Waals surface area contributed by atoms with E-state index in [1.807, 2.05) is 0 Å². The van der Waals surface area contributed by atoms with Crippen LogP contribution >= 0.6 is 0 Å². The molecule has 100 valence electrons. The standard InChI is InChI=1S/C17H26O/c1-4-17(11-5-6-12-17)16(18)15-9-7-14(8-10-15)13(2)3/h7-10,13,16,18H,4-6,11-12H2,1-3H3. The molecule has 1 nitrogen and oxygen atoms in total. The number of aliphatic hydroxyl groups is 1. The second-order valence-corrected chi connectivity index (χ2v) is 6.15. The van der Waals surface area contributed by atoms with Crippen LogP contribution in [0, 0.1) is 5.41 Å². The molecule has 0 heterocycles. The van der Waals surface area contributed by atoms with Gasteiger partial charge in [-0.1, -0.05) is 57.9 Å². The van der Waals surface area contributed by atoms with Crippen molar-refractivity contribution in [1.29, 1.82) is 0 Å². The summed E-state index contributed by atoms with van der Waals surface area (Å²) in [6.07, 6.45) is 5.70. The normalized spacial score (nSPS) is 20.3. The average Bonchev–Trinajstić information content (AvgIpc) is 2.88. The van der Waals surface area contributed by atoms with Crippen LogP contribution in [0.2, 0.25) is 0 Å². The maximum Gasteiger partial charge on any atom is 0.0846 e. The monoisotopic (exact) mass is 246 g/mol. The molecule has 1 aromatic carbocycles. The van der Waals surface area contributed by atoms with E-state index in [2.05, 4.69) is 45.0 Å². The minimum Gasteiger partial charge on any atom is -0.388 e. The number of rotatable bonds is 4. The molecule has 2 rings (SSSR count). The van der Waals surface area contributed by atoms with Crippen LogP contribution in [0.1, 0.15) is 76.0 Å². The Hall–Kier alpha value is -0.820. The Balaban J connectivity index is 2.20. The minimum absolute atomic E-state index is 0.138. The van der Waals surface area contributed by atoms with Crippen molar-refractivity contribution in [2.75, 3.05) is 0 Å². The molecule has 1 heteroatoms. The summed E-state index contributed by atoms with van der Waals surface area (Å²) in [5, 5.41) is 10.7. The summed E-state index contributed by atoms with van der Waals surface area (Å²) in [6, 6.07) is 8.58. The number of hydrogen-bond donors (Lipinski definition) is 1. The zero-order valence-electron chi connectivity index (χ0n) is 11.9. The Bertz CT molecular complexity index is 371. The van der Waals surface area contributed by atoms with Gasteiger partial charge in [-0.25, -0.2) is 0 Å². The number of aliphatic hydroxyl groups excluding tert-OH is 1. The lowest BCUT2D eigenvalue weighted by atomic mass is 9.75. The lowest BCUT2D eigenvalue weighted by Crippen LogP contribution is -2.25. The molecular formula is C17H26O. The molecule has 0 spiro atoms. The van der Waals surface area contributed by atoms with Crippen LogP contribution in [0.4, 0.5) is 0 Å². The van der Waals surface area contributed by atoms with Crippen molar-refractivity contribution >= 4 is 0 Å². The van der Waals surface area contributed by atoms with Crippen LogP contribution in [-0.4, -0.2) is 5.11 Å². The first kappa shape index (κ1) is 13.6. The molecule has 1 saturated carbocycles. The smallest absolute Gasteiger partial charge is 0.0846 e. The quantitative estimate of drug-likeness (QED) is 0.808. The summed E-state index contributed by atoms with van der Waals surface area (Å²) >= 11 is 0. The third-order valence-electron chi connectivity index (χ3n) is 4.80. The topological polar surface area (TPSA) is 20.2 Å². The second kappa shape index (κ2) is 5.44. The summed E-state index contributed by atoms with van der Waals surface area (Å²) in [5.74, 6) is 0.558. The first-order valence-electron chi connectivity index (χ1n) is 7.37. The Morgan fingerprint density at radius 2 is 1.56 bits per heavy atom. The van der Waals surface area contributed by atoms with Crippen molar-refractivity contribution in [3.8, 4) is 0 Å². The van der Waals surface area contributed by atoms with Crippen molar-refractivity contribution in [3.63, 3.8) is 0 Å². The van der Waals surface area contributed by atoms with Crippen molar-refractivity contribution < 1.29 is 5.11 Å². The van der Waals surface area contributed by atoms with E-state index in [1.165, 1.54) is 31.2 Å². The molecule has 0 aliphatic heterocycles.